The summed E-state index contributed by atoms with van der Waals surface area (Å²) in [6, 6.07) is 2.53. The number of anilines is 5. The van der Waals surface area contributed by atoms with Gasteiger partial charge in [0.05, 0.1) is 69.7 Å². The largest absolute Gasteiger partial charge is 0.481 e. The number of aryl methyl sites for hydroxylation is 7. The SMILES string of the molecule is CC(=O)C[C@H]1CCc2sc3nc(Cl)nc(Cl)c3c21.CC(=O)C[C@H]1CCc2sc3nc(Cl)nc(OC4CCC(N(C)C)CC4)c3c21.CN(C)C1CCC(O)CC1.CN(C)C1CCC(Oc2nc(Nc3cnn(C)c3)nc3sc4c(c23)[C@@H](CC(=O)O)CC4)CC1.CN(C)C1CCC(Oc2nc(Nc3cnn(C)c3)nc3sc4c(c23)[C@@H](CC(N)=O)CC4)CC1.Cn1cc(N)cn1. The van der Waals surface area contributed by atoms with Crippen LogP contribution in [0.1, 0.15) is 233 Å². The molecule has 11 heterocycles. The first kappa shape index (κ1) is 95.6. The molecule has 0 spiro atoms. The summed E-state index contributed by atoms with van der Waals surface area (Å²) in [4.78, 5) is 100. The highest BCUT2D eigenvalue weighted by atomic mass is 35.5. The van der Waals surface area contributed by atoms with Crippen molar-refractivity contribution in [2.45, 2.75) is 266 Å². The minimum absolute atomic E-state index is 0.0150. The normalized spacial score (nSPS) is 22.8. The average molecular weight is 1890 g/mol. The van der Waals surface area contributed by atoms with E-state index in [2.05, 4.69) is 122 Å². The van der Waals surface area contributed by atoms with Crippen molar-refractivity contribution in [2.75, 3.05) is 72.7 Å². The maximum Gasteiger partial charge on any atom is 0.303 e. The number of nitrogens with one attached hydrogen (secondary N) is 2. The quantitative estimate of drug-likeness (QED) is 0.0271. The molecule has 8 N–H and O–H groups in total. The smallest absolute Gasteiger partial charge is 0.303 e. The molecule has 8 aliphatic carbocycles. The van der Waals surface area contributed by atoms with Gasteiger partial charge in [-0.3, -0.25) is 23.6 Å². The third kappa shape index (κ3) is 23.9. The number of nitrogens with two attached hydrogens (primary N) is 2. The van der Waals surface area contributed by atoms with Crippen molar-refractivity contribution in [1.82, 2.24) is 88.8 Å². The molecule has 4 saturated carbocycles. The standard InChI is InChI=1S/C23H31N7O2S.C23H30N6O3S.C20H26ClN3O2S.C12H10Cl2N2OS.C8H17NO.C4H7N3/c1-29(2)15-5-7-16(8-6-15)32-21-20-19-13(10-18(24)31)4-9-17(19)33-22(20)28-23(27-21)26-14-11-25-30(3)12-14;1-28(2)15-5-7-16(8-6-15)32-21-20-19-13(10-18(30)31)4-9-17(19)33-22(20)27-23(26-21)25-14-11-24-29(3)12-14;1-11(25)10-12-4-9-15-16(12)17-18(22-20(21)23-19(17)27-15)26-14-7-5-13(6-8-14)24(2)3;1-5(17)4-6-2-3-7-8(6)9-10(13)15-12(14)16-11(9)18-7;1-9(2)7-3-5-8(10)6-4-7;1-7-3-4(5)2-6-7/h11-13,15-16H,4-10H2,1-3H3,(H2,24,31)(H,26,27,28);11-13,15-16H,4-10H2,1-3H3,(H,30,31)(H,25,26,27);12-14H,4-10H2,1-3H3;6H,2-4H2,1H3;7-8,10H,3-6H2,1-2H3;2-3H,5H2,1H3/t2*13-,15?,16?;12-,13?,14?;6-;;/m1111../s1. The molecule has 0 aliphatic heterocycles. The fraction of sp³-hybridized carbons (Fsp3) is 0.589. The summed E-state index contributed by atoms with van der Waals surface area (Å²) >= 11 is 24.8. The molecule has 0 saturated heterocycles. The number of hydrogen-bond donors (Lipinski definition) is 6. The summed E-state index contributed by atoms with van der Waals surface area (Å²) in [5, 5.41) is 41.9. The zero-order valence-electron chi connectivity index (χ0n) is 75.4. The predicted molar refractivity (Wildman–Crippen MR) is 509 cm³/mol. The highest BCUT2D eigenvalue weighted by Gasteiger charge is 2.39. The molecule has 690 valence electrons. The van der Waals surface area contributed by atoms with Gasteiger partial charge >= 0.3 is 5.97 Å². The number of aromatic nitrogens is 14. The van der Waals surface area contributed by atoms with Gasteiger partial charge in [0.15, 0.2) is 0 Å². The molecular formula is C90H121Cl3N22O9S4. The summed E-state index contributed by atoms with van der Waals surface area (Å²) in [7, 11) is 22.6. The first-order valence-electron chi connectivity index (χ1n) is 44.6. The van der Waals surface area contributed by atoms with Crippen molar-refractivity contribution in [2.24, 2.45) is 26.9 Å². The van der Waals surface area contributed by atoms with Crippen LogP contribution in [0.3, 0.4) is 0 Å². The van der Waals surface area contributed by atoms with Crippen molar-refractivity contribution in [1.29, 1.82) is 0 Å². The van der Waals surface area contributed by atoms with Crippen LogP contribution in [0.5, 0.6) is 17.6 Å². The molecule has 0 bridgehead atoms. The van der Waals surface area contributed by atoms with Gasteiger partial charge in [-0.25, -0.2) is 24.9 Å². The number of halogens is 3. The van der Waals surface area contributed by atoms with Crippen LogP contribution in [-0.2, 0) is 66.0 Å². The molecule has 19 rings (SSSR count). The lowest BCUT2D eigenvalue weighted by Crippen LogP contribution is -2.35. The van der Waals surface area contributed by atoms with Crippen molar-refractivity contribution < 1.29 is 43.6 Å². The zero-order valence-corrected chi connectivity index (χ0v) is 80.9. The number of carbonyl (C=O) groups excluding carboxylic acids is 3. The molecule has 128 heavy (non-hydrogen) atoms. The third-order valence-electron chi connectivity index (χ3n) is 25.9. The number of carboxylic acids is 1. The number of thiophene rings is 4. The average Bonchev–Trinajstić information content (AvgIpc) is 1.62. The van der Waals surface area contributed by atoms with Crippen molar-refractivity contribution in [3.63, 3.8) is 0 Å². The number of ketones is 2. The maximum atomic E-state index is 11.7. The van der Waals surface area contributed by atoms with Crippen LogP contribution < -0.4 is 36.3 Å². The number of carbonyl (C=O) groups is 4. The van der Waals surface area contributed by atoms with Crippen LogP contribution in [0.4, 0.5) is 29.0 Å². The zero-order chi connectivity index (χ0) is 91.1. The van der Waals surface area contributed by atoms with Crippen molar-refractivity contribution in [3.8, 4) is 17.6 Å². The Morgan fingerprint density at radius 2 is 0.750 bits per heavy atom. The molecule has 4 fully saturated rings. The van der Waals surface area contributed by atoms with E-state index in [1.54, 1.807) is 98.0 Å². The third-order valence-corrected chi connectivity index (χ3v) is 31.2. The Labute approximate surface area is 778 Å². The van der Waals surface area contributed by atoms with Crippen LogP contribution >= 0.6 is 80.1 Å². The van der Waals surface area contributed by atoms with Crippen molar-refractivity contribution >= 4 is 173 Å². The second-order valence-corrected chi connectivity index (χ2v) is 41.6. The lowest BCUT2D eigenvalue weighted by atomic mass is 9.92. The van der Waals surface area contributed by atoms with E-state index in [9.17, 15) is 29.4 Å². The fourth-order valence-electron chi connectivity index (χ4n) is 19.4. The molecule has 31 nitrogen and oxygen atoms in total. The van der Waals surface area contributed by atoms with E-state index in [0.29, 0.717) is 83.8 Å². The summed E-state index contributed by atoms with van der Waals surface area (Å²) in [6.07, 6.45) is 37.2. The number of aliphatic carboxylic acids is 1. The molecule has 38 heteroatoms. The number of aliphatic hydroxyl groups excluding tert-OH is 1. The van der Waals surface area contributed by atoms with Gasteiger partial charge in [-0.05, 0) is 293 Å². The number of nitrogens with zero attached hydrogens (tertiary/aromatic N) is 18. The molecule has 0 aromatic carbocycles. The van der Waals surface area contributed by atoms with Gasteiger partial charge in [0.25, 0.3) is 0 Å². The Balaban J connectivity index is 0.000000132. The fourth-order valence-corrected chi connectivity index (χ4v) is 25.3. The molecule has 11 aromatic rings. The minimum Gasteiger partial charge on any atom is -0.481 e. The van der Waals surface area contributed by atoms with Gasteiger partial charge in [-0.2, -0.15) is 30.2 Å². The lowest BCUT2D eigenvalue weighted by molar-refractivity contribution is -0.137. The number of ether oxygens (including phenoxy) is 3. The molecule has 8 aliphatic rings. The van der Waals surface area contributed by atoms with E-state index in [1.807, 2.05) is 33.5 Å². The van der Waals surface area contributed by atoms with Crippen LogP contribution in [-0.4, -0.2) is 227 Å². The van der Waals surface area contributed by atoms with E-state index < -0.39 is 5.97 Å². The van der Waals surface area contributed by atoms with E-state index in [0.717, 1.165) is 212 Å². The molecule has 0 radical (unpaired) electrons. The van der Waals surface area contributed by atoms with Gasteiger partial charge in [0.2, 0.25) is 46.0 Å². The van der Waals surface area contributed by atoms with Gasteiger partial charge in [-0.1, -0.05) is 11.6 Å². The van der Waals surface area contributed by atoms with Gasteiger partial charge in [0.1, 0.15) is 54.4 Å². The number of aliphatic hydroxyl groups is 1. The van der Waals surface area contributed by atoms with Crippen LogP contribution in [0.15, 0.2) is 37.2 Å². The number of nitrogen functional groups attached to an aromatic ring is 1. The number of fused-ring (bicyclic) bond motifs is 12. The number of amides is 1. The maximum absolute atomic E-state index is 11.7. The highest BCUT2D eigenvalue weighted by Crippen LogP contribution is 2.53. The highest BCUT2D eigenvalue weighted by molar-refractivity contribution is 7.20. The first-order valence-corrected chi connectivity index (χ1v) is 49.0. The van der Waals surface area contributed by atoms with Crippen LogP contribution in [0, 0.1) is 0 Å². The molecular weight excluding hydrogens is 1770 g/mol. The van der Waals surface area contributed by atoms with Gasteiger partial charge < -0.3 is 75.7 Å². The Morgan fingerprint density at radius 1 is 0.430 bits per heavy atom. The minimum atomic E-state index is -0.771. The van der Waals surface area contributed by atoms with E-state index in [1.165, 1.54) is 36.2 Å². The number of carboxylic acid groups (broad SMARTS) is 1. The van der Waals surface area contributed by atoms with Gasteiger partial charge in [0, 0.05) is 103 Å². The number of rotatable bonds is 22. The second-order valence-electron chi connectivity index (χ2n) is 36.2. The number of hydrogen-bond acceptors (Lipinski definition) is 30. The van der Waals surface area contributed by atoms with Crippen LogP contribution in [0.25, 0.3) is 40.9 Å². The summed E-state index contributed by atoms with van der Waals surface area (Å²) in [6.45, 7) is 3.29. The van der Waals surface area contributed by atoms with E-state index in [-0.39, 0.29) is 82.5 Å². The van der Waals surface area contributed by atoms with E-state index >= 15 is 0 Å². The second kappa shape index (κ2) is 42.8. The molecule has 11 aromatic heterocycles. The Morgan fingerprint density at radius 3 is 1.07 bits per heavy atom. The molecule has 4 atom stereocenters. The number of Topliss-reactive ketones (excluding diaryl/α,β-unsaturated/α-hetero) is 2. The summed E-state index contributed by atoms with van der Waals surface area (Å²) < 4.78 is 24.6. The predicted octanol–water partition coefficient (Wildman–Crippen LogP) is 16.7. The lowest BCUT2D eigenvalue weighted by Gasteiger charge is -2.32. The topological polar surface area (TPSA) is 382 Å². The first-order chi connectivity index (χ1) is 61.2. The van der Waals surface area contributed by atoms with Crippen molar-refractivity contribution in [3.05, 3.63) is 94.7 Å². The summed E-state index contributed by atoms with van der Waals surface area (Å²) in [5.74, 6) is 2.79. The monoisotopic (exact) mass is 1890 g/mol. The Hall–Kier alpha value is -8.46. The van der Waals surface area contributed by atoms with Crippen LogP contribution in [0.2, 0.25) is 15.7 Å². The number of primary amides is 1. The Kier molecular flexibility index (Phi) is 32.0. The molecule has 0 unspecified atom stereocenters. The molecule has 1 amide bonds. The Bertz CT molecular complexity index is 5500. The van der Waals surface area contributed by atoms with Gasteiger partial charge in [-0.15, -0.1) is 45.3 Å². The summed E-state index contributed by atoms with van der Waals surface area (Å²) in [5.41, 5.74) is 17.9. The van der Waals surface area contributed by atoms with E-state index in [4.69, 9.17) is 80.4 Å².